The molecule has 2 saturated heterocycles. The lowest BCUT2D eigenvalue weighted by Crippen LogP contribution is -2.53. The number of amides is 2. The number of nitrogens with zero attached hydrogens (tertiary/aromatic N) is 1. The maximum absolute atomic E-state index is 12.6. The number of hydrogen-bond donors (Lipinski definition) is 1. The van der Waals surface area contributed by atoms with E-state index in [2.05, 4.69) is 5.32 Å². The predicted octanol–water partition coefficient (Wildman–Crippen LogP) is 1.19. The van der Waals surface area contributed by atoms with E-state index in [1.54, 1.807) is 13.8 Å². The molecule has 0 spiro atoms. The number of ether oxygens (including phenoxy) is 1. The molecule has 2 heterocycles. The Labute approximate surface area is 141 Å². The number of fused-ring (bicyclic) bond motifs is 1. The first-order valence-corrected chi connectivity index (χ1v) is 8.14. The van der Waals surface area contributed by atoms with Gasteiger partial charge in [0.05, 0.1) is 18.4 Å². The summed E-state index contributed by atoms with van der Waals surface area (Å²) < 4.78 is 5.18. The van der Waals surface area contributed by atoms with Crippen molar-refractivity contribution in [1.29, 1.82) is 0 Å². The molecule has 4 unspecified atom stereocenters. The van der Waals surface area contributed by atoms with E-state index in [9.17, 15) is 14.4 Å². The highest BCUT2D eigenvalue weighted by atomic mass is 16.5. The molecule has 0 saturated carbocycles. The zero-order valence-electron chi connectivity index (χ0n) is 14.3. The van der Waals surface area contributed by atoms with Crippen LogP contribution < -0.4 is 5.32 Å². The second kappa shape index (κ2) is 5.70. The van der Waals surface area contributed by atoms with E-state index >= 15 is 0 Å². The molecule has 128 valence electrons. The van der Waals surface area contributed by atoms with Crippen LogP contribution in [0, 0.1) is 18.8 Å². The van der Waals surface area contributed by atoms with Gasteiger partial charge in [0.15, 0.2) is 0 Å². The van der Waals surface area contributed by atoms with Crippen molar-refractivity contribution in [3.8, 4) is 0 Å². The van der Waals surface area contributed by atoms with Crippen LogP contribution in [-0.4, -0.2) is 41.9 Å². The molecule has 4 atom stereocenters. The van der Waals surface area contributed by atoms with Crippen molar-refractivity contribution < 1.29 is 19.1 Å². The molecule has 0 radical (unpaired) electrons. The molecule has 2 amide bonds. The minimum atomic E-state index is -1.21. The fourth-order valence-corrected chi connectivity index (χ4v) is 3.81. The SMILES string of the molecule is CCOC(=O)C1(C)NC(c2ccc(C)cc2)C2C(=O)N(C)C(=O)C21. The summed E-state index contributed by atoms with van der Waals surface area (Å²) in [6.45, 7) is 5.58. The first kappa shape index (κ1) is 16.6. The maximum Gasteiger partial charge on any atom is 0.326 e. The Balaban J connectivity index is 2.06. The lowest BCUT2D eigenvalue weighted by Gasteiger charge is -2.28. The number of nitrogens with one attached hydrogen (secondary N) is 1. The topological polar surface area (TPSA) is 75.7 Å². The monoisotopic (exact) mass is 330 g/mol. The predicted molar refractivity (Wildman–Crippen MR) is 86.9 cm³/mol. The molecule has 0 aliphatic carbocycles. The molecule has 6 nitrogen and oxygen atoms in total. The molecule has 3 rings (SSSR count). The van der Waals surface area contributed by atoms with Crippen LogP contribution in [0.2, 0.25) is 0 Å². The van der Waals surface area contributed by atoms with E-state index in [0.717, 1.165) is 16.0 Å². The third-order valence-corrected chi connectivity index (χ3v) is 5.14. The van der Waals surface area contributed by atoms with Crippen LogP contribution in [-0.2, 0) is 19.1 Å². The van der Waals surface area contributed by atoms with Gasteiger partial charge in [-0.15, -0.1) is 0 Å². The summed E-state index contributed by atoms with van der Waals surface area (Å²) >= 11 is 0. The molecule has 1 aromatic carbocycles. The van der Waals surface area contributed by atoms with Gasteiger partial charge in [-0.25, -0.2) is 0 Å². The van der Waals surface area contributed by atoms with Crippen LogP contribution in [0.5, 0.6) is 0 Å². The van der Waals surface area contributed by atoms with Crippen LogP contribution in [0.25, 0.3) is 0 Å². The maximum atomic E-state index is 12.6. The summed E-state index contributed by atoms with van der Waals surface area (Å²) in [4.78, 5) is 38.9. The summed E-state index contributed by atoms with van der Waals surface area (Å²) in [6.07, 6.45) is 0. The highest BCUT2D eigenvalue weighted by molar-refractivity contribution is 6.09. The first-order chi connectivity index (χ1) is 11.3. The molecule has 0 aromatic heterocycles. The second-order valence-corrected chi connectivity index (χ2v) is 6.69. The quantitative estimate of drug-likeness (QED) is 0.665. The molecule has 1 aromatic rings. The standard InChI is InChI=1S/C18H22N2O4/c1-5-24-17(23)18(3)13-12(15(21)20(4)16(13)22)14(19-18)11-8-6-10(2)7-9-11/h6-9,12-14,19H,5H2,1-4H3. The van der Waals surface area contributed by atoms with Gasteiger partial charge in [-0.05, 0) is 26.3 Å². The average Bonchev–Trinajstić information content (AvgIpc) is 2.99. The van der Waals surface area contributed by atoms with Gasteiger partial charge in [-0.1, -0.05) is 29.8 Å². The molecule has 2 fully saturated rings. The van der Waals surface area contributed by atoms with E-state index < -0.39 is 29.4 Å². The smallest absolute Gasteiger partial charge is 0.326 e. The summed E-state index contributed by atoms with van der Waals surface area (Å²) in [5.41, 5.74) is 0.778. The highest BCUT2D eigenvalue weighted by Crippen LogP contribution is 2.48. The van der Waals surface area contributed by atoms with E-state index in [4.69, 9.17) is 4.74 Å². The van der Waals surface area contributed by atoms with Gasteiger partial charge in [0, 0.05) is 13.1 Å². The van der Waals surface area contributed by atoms with Gasteiger partial charge in [0.25, 0.3) is 0 Å². The number of carbonyl (C=O) groups excluding carboxylic acids is 3. The Kier molecular flexibility index (Phi) is 3.95. The van der Waals surface area contributed by atoms with Crippen molar-refractivity contribution in [3.05, 3.63) is 35.4 Å². The van der Waals surface area contributed by atoms with Gasteiger partial charge in [0.2, 0.25) is 11.8 Å². The van der Waals surface area contributed by atoms with E-state index in [0.29, 0.717) is 0 Å². The lowest BCUT2D eigenvalue weighted by molar-refractivity contribution is -0.155. The highest BCUT2D eigenvalue weighted by Gasteiger charge is 2.66. The molecule has 2 aliphatic rings. The number of esters is 1. The fraction of sp³-hybridized carbons (Fsp3) is 0.500. The number of imide groups is 1. The Morgan fingerprint density at radius 3 is 2.46 bits per heavy atom. The molecule has 2 aliphatic heterocycles. The van der Waals surface area contributed by atoms with E-state index in [-0.39, 0.29) is 18.4 Å². The van der Waals surface area contributed by atoms with Crippen LogP contribution in [0.4, 0.5) is 0 Å². The number of carbonyl (C=O) groups is 3. The Bertz CT molecular complexity index is 699. The fourth-order valence-electron chi connectivity index (χ4n) is 3.81. The number of likely N-dealkylation sites (tertiary alicyclic amines) is 1. The van der Waals surface area contributed by atoms with Gasteiger partial charge in [0.1, 0.15) is 5.54 Å². The number of hydrogen-bond acceptors (Lipinski definition) is 5. The Morgan fingerprint density at radius 2 is 1.88 bits per heavy atom. The van der Waals surface area contributed by atoms with Crippen molar-refractivity contribution in [2.75, 3.05) is 13.7 Å². The Morgan fingerprint density at radius 1 is 1.25 bits per heavy atom. The van der Waals surface area contributed by atoms with Gasteiger partial charge in [-0.2, -0.15) is 0 Å². The van der Waals surface area contributed by atoms with Gasteiger partial charge in [-0.3, -0.25) is 24.6 Å². The number of rotatable bonds is 3. The van der Waals surface area contributed by atoms with Crippen LogP contribution in [0.15, 0.2) is 24.3 Å². The number of aryl methyl sites for hydroxylation is 1. The van der Waals surface area contributed by atoms with E-state index in [1.807, 2.05) is 31.2 Å². The van der Waals surface area contributed by atoms with Crippen molar-refractivity contribution in [1.82, 2.24) is 10.2 Å². The molecular weight excluding hydrogens is 308 g/mol. The van der Waals surface area contributed by atoms with Crippen molar-refractivity contribution in [3.63, 3.8) is 0 Å². The minimum Gasteiger partial charge on any atom is -0.465 e. The molecule has 0 bridgehead atoms. The van der Waals surface area contributed by atoms with Gasteiger partial charge >= 0.3 is 5.97 Å². The molecule has 24 heavy (non-hydrogen) atoms. The van der Waals surface area contributed by atoms with Gasteiger partial charge < -0.3 is 4.74 Å². The summed E-state index contributed by atoms with van der Waals surface area (Å²) in [5.74, 6) is -2.43. The average molecular weight is 330 g/mol. The largest absolute Gasteiger partial charge is 0.465 e. The molecular formula is C18H22N2O4. The Hall–Kier alpha value is -2.21. The van der Waals surface area contributed by atoms with E-state index in [1.165, 1.54) is 7.05 Å². The zero-order valence-corrected chi connectivity index (χ0v) is 14.3. The first-order valence-electron chi connectivity index (χ1n) is 8.14. The van der Waals surface area contributed by atoms with Crippen molar-refractivity contribution in [2.45, 2.75) is 32.4 Å². The van der Waals surface area contributed by atoms with Crippen LogP contribution in [0.3, 0.4) is 0 Å². The summed E-state index contributed by atoms with van der Waals surface area (Å²) in [7, 11) is 1.47. The van der Waals surface area contributed by atoms with Crippen molar-refractivity contribution in [2.24, 2.45) is 11.8 Å². The third kappa shape index (κ3) is 2.24. The third-order valence-electron chi connectivity index (χ3n) is 5.14. The zero-order chi connectivity index (χ0) is 17.6. The second-order valence-electron chi connectivity index (χ2n) is 6.69. The number of benzene rings is 1. The normalized spacial score (nSPS) is 32.2. The summed E-state index contributed by atoms with van der Waals surface area (Å²) in [6, 6.07) is 7.37. The molecule has 6 heteroatoms. The minimum absolute atomic E-state index is 0.223. The van der Waals surface area contributed by atoms with Crippen molar-refractivity contribution >= 4 is 17.8 Å². The lowest BCUT2D eigenvalue weighted by atomic mass is 9.80. The van der Waals surface area contributed by atoms with Crippen LogP contribution >= 0.6 is 0 Å². The van der Waals surface area contributed by atoms with Crippen LogP contribution in [0.1, 0.15) is 31.0 Å². The summed E-state index contributed by atoms with van der Waals surface area (Å²) in [5, 5.41) is 3.23. The molecule has 1 N–H and O–H groups in total.